The number of nitrogens with zero attached hydrogens (tertiary/aromatic N) is 1. The monoisotopic (exact) mass is 394 g/mol. The molecule has 0 aliphatic heterocycles. The Bertz CT molecular complexity index is 698. The van der Waals surface area contributed by atoms with Gasteiger partial charge in [0.1, 0.15) is 0 Å². The van der Waals surface area contributed by atoms with Crippen molar-refractivity contribution < 1.29 is 18.1 Å². The molecule has 0 aromatic heterocycles. The quantitative estimate of drug-likeness (QED) is 0.320. The van der Waals surface area contributed by atoms with E-state index >= 15 is 0 Å². The Morgan fingerprint density at radius 1 is 1.32 bits per heavy atom. The van der Waals surface area contributed by atoms with Crippen molar-refractivity contribution in [3.8, 4) is 0 Å². The molecule has 0 bridgehead atoms. The van der Waals surface area contributed by atoms with Crippen LogP contribution in [0.2, 0.25) is 0 Å². The first-order valence-electron chi connectivity index (χ1n) is 7.47. The average Bonchev–Trinajstić information content (AvgIpc) is 2.57. The van der Waals surface area contributed by atoms with Crippen molar-refractivity contribution in [2.24, 2.45) is 11.7 Å². The van der Waals surface area contributed by atoms with Crippen molar-refractivity contribution >= 4 is 34.0 Å². The number of para-hydroxylation sites is 1. The second-order valence-electron chi connectivity index (χ2n) is 5.32. The molecule has 25 heavy (non-hydrogen) atoms. The number of sulfonamides is 1. The Hall–Kier alpha value is -1.75. The predicted molar refractivity (Wildman–Crippen MR) is 96.0 cm³/mol. The highest BCUT2D eigenvalue weighted by atomic mass is 35.5. The molecular formula is C14H23ClN4O5S. The number of benzene rings is 1. The van der Waals surface area contributed by atoms with E-state index in [4.69, 9.17) is 5.73 Å². The molecular weight excluding hydrogens is 372 g/mol. The maximum atomic E-state index is 12.1. The summed E-state index contributed by atoms with van der Waals surface area (Å²) in [5.41, 5.74) is 5.25. The maximum Gasteiger partial charge on any atom is 0.289 e. The van der Waals surface area contributed by atoms with Gasteiger partial charge in [-0.05, 0) is 12.0 Å². The highest BCUT2D eigenvalue weighted by molar-refractivity contribution is 7.89. The summed E-state index contributed by atoms with van der Waals surface area (Å²) >= 11 is 0. The van der Waals surface area contributed by atoms with Gasteiger partial charge in [-0.2, -0.15) is 0 Å². The second kappa shape index (κ2) is 10.3. The van der Waals surface area contributed by atoms with E-state index in [-0.39, 0.29) is 37.3 Å². The number of nitro benzene ring substituents is 1. The number of carbonyl (C=O) groups excluding carboxylic acids is 1. The van der Waals surface area contributed by atoms with Crippen LogP contribution in [0.4, 0.5) is 5.69 Å². The number of halogens is 1. The van der Waals surface area contributed by atoms with E-state index in [0.29, 0.717) is 0 Å². The highest BCUT2D eigenvalue weighted by Gasteiger charge is 2.25. The molecule has 0 spiro atoms. The topological polar surface area (TPSA) is 144 Å². The van der Waals surface area contributed by atoms with Gasteiger partial charge >= 0.3 is 0 Å². The molecule has 0 saturated heterocycles. The van der Waals surface area contributed by atoms with Gasteiger partial charge in [0.25, 0.3) is 5.69 Å². The van der Waals surface area contributed by atoms with Crippen molar-refractivity contribution in [2.45, 2.75) is 31.2 Å². The molecule has 1 aromatic rings. The Morgan fingerprint density at radius 3 is 2.48 bits per heavy atom. The Labute approximate surface area is 153 Å². The first kappa shape index (κ1) is 23.2. The zero-order valence-electron chi connectivity index (χ0n) is 14.0. The van der Waals surface area contributed by atoms with E-state index < -0.39 is 31.6 Å². The van der Waals surface area contributed by atoms with Crippen molar-refractivity contribution in [1.29, 1.82) is 0 Å². The van der Waals surface area contributed by atoms with E-state index in [1.807, 2.05) is 13.8 Å². The molecule has 0 aliphatic rings. The van der Waals surface area contributed by atoms with Crippen LogP contribution in [0.5, 0.6) is 0 Å². The van der Waals surface area contributed by atoms with Crippen LogP contribution in [0.15, 0.2) is 29.2 Å². The zero-order valence-corrected chi connectivity index (χ0v) is 15.6. The molecule has 1 rings (SSSR count). The zero-order chi connectivity index (χ0) is 18.3. The fraction of sp³-hybridized carbons (Fsp3) is 0.500. The molecule has 0 aliphatic carbocycles. The Morgan fingerprint density at radius 2 is 1.92 bits per heavy atom. The van der Waals surface area contributed by atoms with Gasteiger partial charge in [0, 0.05) is 19.2 Å². The number of amides is 1. The molecule has 2 unspecified atom stereocenters. The Kier molecular flexibility index (Phi) is 9.57. The molecule has 0 heterocycles. The van der Waals surface area contributed by atoms with E-state index in [9.17, 15) is 23.3 Å². The summed E-state index contributed by atoms with van der Waals surface area (Å²) in [6.07, 6.45) is 0.749. The maximum absolute atomic E-state index is 12.1. The van der Waals surface area contributed by atoms with Crippen LogP contribution in [0.25, 0.3) is 0 Å². The largest absolute Gasteiger partial charge is 0.353 e. The summed E-state index contributed by atoms with van der Waals surface area (Å²) in [6.45, 7) is 3.69. The number of rotatable bonds is 9. The lowest BCUT2D eigenvalue weighted by Crippen LogP contribution is -2.46. The number of nitro groups is 1. The molecule has 1 amide bonds. The SMILES string of the molecule is CCC(C)C(N)C(=O)NCCNS(=O)(=O)c1ccccc1[N+](=O)[O-].Cl. The predicted octanol–water partition coefficient (Wildman–Crippen LogP) is 0.785. The molecule has 2 atom stereocenters. The van der Waals surface area contributed by atoms with E-state index in [1.54, 1.807) is 0 Å². The molecule has 4 N–H and O–H groups in total. The minimum atomic E-state index is -4.05. The fourth-order valence-electron chi connectivity index (χ4n) is 1.91. The van der Waals surface area contributed by atoms with Crippen LogP contribution in [-0.2, 0) is 14.8 Å². The van der Waals surface area contributed by atoms with Gasteiger partial charge in [0.15, 0.2) is 4.90 Å². The number of nitrogens with two attached hydrogens (primary N) is 1. The molecule has 142 valence electrons. The number of carbonyl (C=O) groups is 1. The first-order chi connectivity index (χ1) is 11.2. The van der Waals surface area contributed by atoms with Gasteiger partial charge in [-0.25, -0.2) is 13.1 Å². The van der Waals surface area contributed by atoms with Gasteiger partial charge in [0.05, 0.1) is 11.0 Å². The fourth-order valence-corrected chi connectivity index (χ4v) is 3.12. The summed E-state index contributed by atoms with van der Waals surface area (Å²) in [5, 5.41) is 13.4. The normalized spacial score (nSPS) is 13.4. The highest BCUT2D eigenvalue weighted by Crippen LogP contribution is 2.22. The van der Waals surface area contributed by atoms with Crippen molar-refractivity contribution in [1.82, 2.24) is 10.0 Å². The standard InChI is InChI=1S/C14H22N4O5S.ClH/c1-3-10(2)13(15)14(19)16-8-9-17-24(22,23)12-7-5-4-6-11(12)18(20)21;/h4-7,10,13,17H,3,8-9,15H2,1-2H3,(H,16,19);1H. The van der Waals surface area contributed by atoms with E-state index in [0.717, 1.165) is 18.6 Å². The van der Waals surface area contributed by atoms with Crippen LogP contribution >= 0.6 is 12.4 Å². The number of hydrogen-bond donors (Lipinski definition) is 3. The van der Waals surface area contributed by atoms with Crippen LogP contribution in [0.1, 0.15) is 20.3 Å². The van der Waals surface area contributed by atoms with Crippen LogP contribution in [0, 0.1) is 16.0 Å². The van der Waals surface area contributed by atoms with E-state index in [2.05, 4.69) is 10.0 Å². The average molecular weight is 395 g/mol. The summed E-state index contributed by atoms with van der Waals surface area (Å²) in [4.78, 5) is 21.5. The second-order valence-corrected chi connectivity index (χ2v) is 7.06. The molecule has 9 nitrogen and oxygen atoms in total. The summed E-state index contributed by atoms with van der Waals surface area (Å²) in [6, 6.07) is 4.38. The lowest BCUT2D eigenvalue weighted by Gasteiger charge is -2.17. The minimum Gasteiger partial charge on any atom is -0.353 e. The van der Waals surface area contributed by atoms with Gasteiger partial charge in [-0.3, -0.25) is 14.9 Å². The molecule has 1 aromatic carbocycles. The lowest BCUT2D eigenvalue weighted by molar-refractivity contribution is -0.387. The summed E-state index contributed by atoms with van der Waals surface area (Å²) in [7, 11) is -4.05. The number of hydrogen-bond acceptors (Lipinski definition) is 6. The summed E-state index contributed by atoms with van der Waals surface area (Å²) < 4.78 is 26.5. The summed E-state index contributed by atoms with van der Waals surface area (Å²) in [5.74, 6) is -0.358. The van der Waals surface area contributed by atoms with Gasteiger partial charge < -0.3 is 11.1 Å². The van der Waals surface area contributed by atoms with Crippen LogP contribution < -0.4 is 15.8 Å². The van der Waals surface area contributed by atoms with Gasteiger partial charge in [-0.15, -0.1) is 12.4 Å². The molecule has 0 fully saturated rings. The van der Waals surface area contributed by atoms with Crippen molar-refractivity contribution in [2.75, 3.05) is 13.1 Å². The molecule has 0 saturated carbocycles. The van der Waals surface area contributed by atoms with Gasteiger partial charge in [-0.1, -0.05) is 32.4 Å². The third-order valence-electron chi connectivity index (χ3n) is 3.63. The number of nitrogens with one attached hydrogen (secondary N) is 2. The van der Waals surface area contributed by atoms with Crippen molar-refractivity contribution in [3.63, 3.8) is 0 Å². The van der Waals surface area contributed by atoms with Crippen LogP contribution in [-0.4, -0.2) is 38.4 Å². The van der Waals surface area contributed by atoms with E-state index in [1.165, 1.54) is 12.1 Å². The molecule has 0 radical (unpaired) electrons. The van der Waals surface area contributed by atoms with Crippen LogP contribution in [0.3, 0.4) is 0 Å². The van der Waals surface area contributed by atoms with Gasteiger partial charge in [0.2, 0.25) is 15.9 Å². The Balaban J connectivity index is 0.00000576. The third-order valence-corrected chi connectivity index (χ3v) is 5.14. The van der Waals surface area contributed by atoms with Crippen molar-refractivity contribution in [3.05, 3.63) is 34.4 Å². The smallest absolute Gasteiger partial charge is 0.289 e. The minimum absolute atomic E-state index is 0. The lowest BCUT2D eigenvalue weighted by atomic mass is 9.99. The third kappa shape index (κ3) is 6.58. The first-order valence-corrected chi connectivity index (χ1v) is 8.95. The molecule has 11 heteroatoms.